The van der Waals surface area contributed by atoms with Crippen molar-refractivity contribution in [3.8, 4) is 0 Å². The number of carbonyl (C=O) groups excluding carboxylic acids is 1. The number of methoxy groups -OCH3 is 1. The lowest BCUT2D eigenvalue weighted by atomic mass is 10.1. The van der Waals surface area contributed by atoms with Gasteiger partial charge in [-0.05, 0) is 31.5 Å². The molecule has 0 N–H and O–H groups in total. The van der Waals surface area contributed by atoms with E-state index in [0.29, 0.717) is 0 Å². The number of ether oxygens (including phenoxy) is 1. The molecule has 0 saturated heterocycles. The Hall–Kier alpha value is -2.29. The van der Waals surface area contributed by atoms with Gasteiger partial charge in [-0.2, -0.15) is 0 Å². The van der Waals surface area contributed by atoms with Gasteiger partial charge in [-0.1, -0.05) is 44.2 Å². The molecule has 0 aliphatic carbocycles. The van der Waals surface area contributed by atoms with Gasteiger partial charge in [-0.3, -0.25) is 4.79 Å². The number of esters is 1. The molecule has 2 rings (SSSR count). The maximum atomic E-state index is 10.3. The van der Waals surface area contributed by atoms with Gasteiger partial charge in [0, 0.05) is 23.7 Å². The molecule has 0 radical (unpaired) electrons. The van der Waals surface area contributed by atoms with Crippen molar-refractivity contribution in [3.05, 3.63) is 66.0 Å². The minimum absolute atomic E-state index is 0.00463. The van der Waals surface area contributed by atoms with E-state index in [1.54, 1.807) is 13.8 Å². The number of carbonyl (C=O) groups is 1. The highest BCUT2D eigenvalue weighted by molar-refractivity contribution is 5.71. The molecule has 118 valence electrons. The quantitative estimate of drug-likeness (QED) is 0.780. The molecule has 0 aliphatic heterocycles. The van der Waals surface area contributed by atoms with Gasteiger partial charge in [0.15, 0.2) is 0 Å². The first kappa shape index (κ1) is 17.8. The van der Waals surface area contributed by atoms with E-state index in [4.69, 9.17) is 0 Å². The van der Waals surface area contributed by atoms with Gasteiger partial charge in [-0.25, -0.2) is 0 Å². The normalized spacial score (nSPS) is 10.9. The Bertz CT molecular complexity index is 610. The molecular formula is C19H25NO2. The summed E-state index contributed by atoms with van der Waals surface area (Å²) < 4.78 is 6.51. The van der Waals surface area contributed by atoms with Crippen molar-refractivity contribution in [1.29, 1.82) is 0 Å². The molecule has 0 saturated carbocycles. The van der Waals surface area contributed by atoms with E-state index in [2.05, 4.69) is 65.9 Å². The third-order valence-electron chi connectivity index (χ3n) is 3.25. The first-order valence-electron chi connectivity index (χ1n) is 7.44. The van der Waals surface area contributed by atoms with Gasteiger partial charge in [0.25, 0.3) is 0 Å². The van der Waals surface area contributed by atoms with Crippen LogP contribution in [0.15, 0.2) is 54.9 Å². The number of nitrogens with zero attached hydrogens (tertiary/aromatic N) is 1. The van der Waals surface area contributed by atoms with Crippen LogP contribution in [0.1, 0.15) is 31.9 Å². The second-order valence-corrected chi connectivity index (χ2v) is 5.26. The van der Waals surface area contributed by atoms with Crippen molar-refractivity contribution in [2.45, 2.75) is 27.7 Å². The maximum Gasteiger partial charge on any atom is 0.308 e. The molecule has 1 aromatic carbocycles. The predicted molar refractivity (Wildman–Crippen MR) is 91.5 cm³/mol. The summed E-state index contributed by atoms with van der Waals surface area (Å²) in [5.74, 6) is -0.148. The highest BCUT2D eigenvalue weighted by Gasteiger charge is 2.04. The molecule has 1 aromatic heterocycles. The lowest BCUT2D eigenvalue weighted by molar-refractivity contribution is -0.144. The molecular weight excluding hydrogens is 274 g/mol. The summed E-state index contributed by atoms with van der Waals surface area (Å²) in [4.78, 5) is 10.3. The first-order chi connectivity index (χ1) is 10.5. The fraction of sp³-hybridized carbons (Fsp3) is 0.316. The van der Waals surface area contributed by atoms with Crippen LogP contribution in [0.4, 0.5) is 0 Å². The number of aryl methyl sites for hydroxylation is 1. The topological polar surface area (TPSA) is 31.2 Å². The molecule has 2 aromatic rings. The molecule has 0 bridgehead atoms. The summed E-state index contributed by atoms with van der Waals surface area (Å²) in [6.45, 7) is 7.81. The van der Waals surface area contributed by atoms with Crippen molar-refractivity contribution in [2.75, 3.05) is 7.11 Å². The summed E-state index contributed by atoms with van der Waals surface area (Å²) in [5, 5.41) is 0. The van der Waals surface area contributed by atoms with Crippen LogP contribution in [0.25, 0.3) is 5.70 Å². The predicted octanol–water partition coefficient (Wildman–Crippen LogP) is 4.52. The molecule has 1 heterocycles. The summed E-state index contributed by atoms with van der Waals surface area (Å²) in [6.07, 6.45) is 6.28. The molecule has 3 nitrogen and oxygen atoms in total. The average Bonchev–Trinajstić information content (AvgIpc) is 3.04. The van der Waals surface area contributed by atoms with Crippen LogP contribution < -0.4 is 0 Å². The van der Waals surface area contributed by atoms with Crippen LogP contribution >= 0.6 is 0 Å². The SMILES string of the molecule is C/C=C(\c1ccccc1C)n1cccc1.COC(=O)C(C)C. The van der Waals surface area contributed by atoms with Crippen LogP contribution in [0.5, 0.6) is 0 Å². The van der Waals surface area contributed by atoms with E-state index in [1.807, 2.05) is 12.1 Å². The summed E-state index contributed by atoms with van der Waals surface area (Å²) >= 11 is 0. The van der Waals surface area contributed by atoms with Gasteiger partial charge in [0.1, 0.15) is 0 Å². The zero-order valence-corrected chi connectivity index (χ0v) is 14.0. The molecule has 0 spiro atoms. The molecule has 3 heteroatoms. The number of hydrogen-bond donors (Lipinski definition) is 0. The number of benzene rings is 1. The van der Waals surface area contributed by atoms with E-state index < -0.39 is 0 Å². The lowest BCUT2D eigenvalue weighted by Gasteiger charge is -2.11. The molecule has 0 atom stereocenters. The van der Waals surface area contributed by atoms with E-state index in [9.17, 15) is 4.79 Å². The largest absolute Gasteiger partial charge is 0.469 e. The Morgan fingerprint density at radius 2 is 1.73 bits per heavy atom. The third-order valence-corrected chi connectivity index (χ3v) is 3.25. The summed E-state index contributed by atoms with van der Waals surface area (Å²) in [5.41, 5.74) is 3.83. The van der Waals surface area contributed by atoms with E-state index in [1.165, 1.54) is 23.9 Å². The minimum Gasteiger partial charge on any atom is -0.469 e. The monoisotopic (exact) mass is 299 g/mol. The molecule has 0 amide bonds. The zero-order chi connectivity index (χ0) is 16.5. The van der Waals surface area contributed by atoms with E-state index in [0.717, 1.165) is 0 Å². The second-order valence-electron chi connectivity index (χ2n) is 5.26. The Labute approximate surface area is 133 Å². The van der Waals surface area contributed by atoms with Gasteiger partial charge >= 0.3 is 5.97 Å². The maximum absolute atomic E-state index is 10.3. The van der Waals surface area contributed by atoms with Gasteiger partial charge in [-0.15, -0.1) is 0 Å². The van der Waals surface area contributed by atoms with Crippen molar-refractivity contribution in [3.63, 3.8) is 0 Å². The van der Waals surface area contributed by atoms with Crippen LogP contribution in [0.2, 0.25) is 0 Å². The highest BCUT2D eigenvalue weighted by Crippen LogP contribution is 2.20. The Morgan fingerprint density at radius 1 is 1.14 bits per heavy atom. The Kier molecular flexibility index (Phi) is 7.17. The van der Waals surface area contributed by atoms with E-state index >= 15 is 0 Å². The van der Waals surface area contributed by atoms with Gasteiger partial charge < -0.3 is 9.30 Å². The summed E-state index contributed by atoms with van der Waals surface area (Å²) in [6, 6.07) is 12.5. The fourth-order valence-electron chi connectivity index (χ4n) is 2.03. The van der Waals surface area contributed by atoms with Crippen molar-refractivity contribution >= 4 is 11.7 Å². The lowest BCUT2D eigenvalue weighted by Crippen LogP contribution is -2.07. The third kappa shape index (κ3) is 4.92. The highest BCUT2D eigenvalue weighted by atomic mass is 16.5. The molecule has 0 unspecified atom stereocenters. The van der Waals surface area contributed by atoms with Gasteiger partial charge in [0.05, 0.1) is 13.0 Å². The Morgan fingerprint density at radius 3 is 2.14 bits per heavy atom. The first-order valence-corrected chi connectivity index (χ1v) is 7.44. The minimum atomic E-state index is -0.153. The van der Waals surface area contributed by atoms with Crippen LogP contribution in [-0.2, 0) is 9.53 Å². The van der Waals surface area contributed by atoms with Crippen molar-refractivity contribution in [1.82, 2.24) is 4.57 Å². The molecule has 0 aliphatic rings. The number of rotatable bonds is 3. The molecule has 0 fully saturated rings. The second kappa shape index (κ2) is 8.88. The number of allylic oxidation sites excluding steroid dienone is 1. The number of aromatic nitrogens is 1. The van der Waals surface area contributed by atoms with Gasteiger partial charge in [0.2, 0.25) is 0 Å². The average molecular weight is 299 g/mol. The van der Waals surface area contributed by atoms with Crippen LogP contribution in [0.3, 0.4) is 0 Å². The van der Waals surface area contributed by atoms with E-state index in [-0.39, 0.29) is 11.9 Å². The van der Waals surface area contributed by atoms with Crippen molar-refractivity contribution < 1.29 is 9.53 Å². The standard InChI is InChI=1S/C14H15N.C5H10O2/c1-3-14(15-10-6-7-11-15)13-9-5-4-8-12(13)2;1-4(2)5(6)7-3/h3-11H,1-2H3;4H,1-3H3/b14-3+;. The van der Waals surface area contributed by atoms with Crippen LogP contribution in [0, 0.1) is 12.8 Å². The zero-order valence-electron chi connectivity index (χ0n) is 14.0. The summed E-state index contributed by atoms with van der Waals surface area (Å²) in [7, 11) is 1.39. The van der Waals surface area contributed by atoms with Crippen molar-refractivity contribution in [2.24, 2.45) is 5.92 Å². The number of hydrogen-bond acceptors (Lipinski definition) is 2. The fourth-order valence-corrected chi connectivity index (χ4v) is 2.03. The smallest absolute Gasteiger partial charge is 0.308 e. The Balaban J connectivity index is 0.000000295. The van der Waals surface area contributed by atoms with Crippen LogP contribution in [-0.4, -0.2) is 17.6 Å². The molecule has 22 heavy (non-hydrogen) atoms.